The molecule has 3 N–H and O–H groups in total. The second-order valence-electron chi connectivity index (χ2n) is 5.34. The second kappa shape index (κ2) is 4.31. The van der Waals surface area contributed by atoms with Gasteiger partial charge in [0, 0.05) is 12.2 Å². The first-order valence-electron chi connectivity index (χ1n) is 6.30. The third-order valence-corrected chi connectivity index (χ3v) is 5.61. The summed E-state index contributed by atoms with van der Waals surface area (Å²) in [6, 6.07) is -0.0879. The maximum Gasteiger partial charge on any atom is 0.325 e. The van der Waals surface area contributed by atoms with E-state index in [0.717, 1.165) is 25.5 Å². The molecule has 2 fully saturated rings. The van der Waals surface area contributed by atoms with Gasteiger partial charge in [0.15, 0.2) is 4.90 Å². The Morgan fingerprint density at radius 1 is 1.21 bits per heavy atom. The van der Waals surface area contributed by atoms with E-state index in [1.54, 1.807) is 0 Å². The fraction of sp³-hybridized carbons (Fsp3) is 0.636. The van der Waals surface area contributed by atoms with Gasteiger partial charge in [0.25, 0.3) is 5.56 Å². The predicted octanol–water partition coefficient (Wildman–Crippen LogP) is -0.470. The smallest absolute Gasteiger partial charge is 0.313 e. The van der Waals surface area contributed by atoms with Crippen molar-refractivity contribution >= 4 is 10.0 Å². The van der Waals surface area contributed by atoms with Crippen LogP contribution in [0.2, 0.25) is 0 Å². The summed E-state index contributed by atoms with van der Waals surface area (Å²) in [5, 5.41) is 0. The molecule has 1 aromatic rings. The molecule has 1 aromatic heterocycles. The zero-order chi connectivity index (χ0) is 13.6. The van der Waals surface area contributed by atoms with Gasteiger partial charge in [-0.3, -0.25) is 9.78 Å². The molecule has 7 nitrogen and oxygen atoms in total. The Morgan fingerprint density at radius 3 is 2.58 bits per heavy atom. The first kappa shape index (κ1) is 12.6. The number of nitrogens with one attached hydrogen (secondary N) is 3. The van der Waals surface area contributed by atoms with E-state index < -0.39 is 26.2 Å². The van der Waals surface area contributed by atoms with E-state index in [-0.39, 0.29) is 6.04 Å². The van der Waals surface area contributed by atoms with Crippen LogP contribution in [0, 0.1) is 11.8 Å². The summed E-state index contributed by atoms with van der Waals surface area (Å²) in [5.41, 5.74) is -1.61. The van der Waals surface area contributed by atoms with Gasteiger partial charge < -0.3 is 4.98 Å². The minimum Gasteiger partial charge on any atom is -0.313 e. The number of aromatic amines is 2. The highest BCUT2D eigenvalue weighted by Gasteiger charge is 2.41. The lowest BCUT2D eigenvalue weighted by Crippen LogP contribution is -2.41. The topological polar surface area (TPSA) is 112 Å². The number of sulfonamides is 1. The van der Waals surface area contributed by atoms with Gasteiger partial charge >= 0.3 is 5.69 Å². The van der Waals surface area contributed by atoms with Gasteiger partial charge in [0.05, 0.1) is 0 Å². The third kappa shape index (κ3) is 2.25. The van der Waals surface area contributed by atoms with Crippen LogP contribution in [-0.2, 0) is 10.0 Å². The molecule has 2 bridgehead atoms. The van der Waals surface area contributed by atoms with Crippen LogP contribution in [0.4, 0.5) is 0 Å². The summed E-state index contributed by atoms with van der Waals surface area (Å²) in [7, 11) is -3.88. The molecule has 2 aliphatic rings. The van der Waals surface area contributed by atoms with Gasteiger partial charge in [-0.05, 0) is 31.1 Å². The van der Waals surface area contributed by atoms with Crippen LogP contribution in [0.3, 0.4) is 0 Å². The molecule has 0 amide bonds. The van der Waals surface area contributed by atoms with Gasteiger partial charge in [0.1, 0.15) is 0 Å². The van der Waals surface area contributed by atoms with E-state index in [2.05, 4.69) is 9.71 Å². The molecule has 3 rings (SSSR count). The summed E-state index contributed by atoms with van der Waals surface area (Å²) in [5.74, 6) is 0.980. The fourth-order valence-corrected chi connectivity index (χ4v) is 4.57. The summed E-state index contributed by atoms with van der Waals surface area (Å²) >= 11 is 0. The average molecular weight is 285 g/mol. The van der Waals surface area contributed by atoms with Crippen molar-refractivity contribution < 1.29 is 8.42 Å². The summed E-state index contributed by atoms with van der Waals surface area (Å²) in [6.07, 6.45) is 5.05. The molecule has 0 saturated heterocycles. The molecule has 104 valence electrons. The number of rotatable bonds is 3. The van der Waals surface area contributed by atoms with E-state index in [1.807, 2.05) is 4.98 Å². The summed E-state index contributed by atoms with van der Waals surface area (Å²) < 4.78 is 26.9. The average Bonchev–Trinajstić information content (AvgIpc) is 2.89. The Kier molecular flexibility index (Phi) is 2.86. The largest absolute Gasteiger partial charge is 0.325 e. The monoisotopic (exact) mass is 285 g/mol. The number of H-pyrrole nitrogens is 2. The number of hydrogen-bond acceptors (Lipinski definition) is 4. The highest BCUT2D eigenvalue weighted by Crippen LogP contribution is 2.44. The normalized spacial score (nSPS) is 29.8. The van der Waals surface area contributed by atoms with Gasteiger partial charge in [-0.15, -0.1) is 0 Å². The quantitative estimate of drug-likeness (QED) is 0.697. The minimum absolute atomic E-state index is 0.0879. The Balaban J connectivity index is 1.87. The van der Waals surface area contributed by atoms with Crippen LogP contribution in [0.5, 0.6) is 0 Å². The van der Waals surface area contributed by atoms with Crippen LogP contribution in [-0.4, -0.2) is 24.4 Å². The summed E-state index contributed by atoms with van der Waals surface area (Å²) in [6.45, 7) is 0. The van der Waals surface area contributed by atoms with Crippen molar-refractivity contribution in [3.05, 3.63) is 27.0 Å². The molecule has 3 atom stereocenters. The maximum atomic E-state index is 12.1. The van der Waals surface area contributed by atoms with Crippen molar-refractivity contribution in [2.45, 2.75) is 36.6 Å². The van der Waals surface area contributed by atoms with Crippen molar-refractivity contribution in [2.75, 3.05) is 0 Å². The van der Waals surface area contributed by atoms with Crippen molar-refractivity contribution in [1.29, 1.82) is 0 Å². The first-order chi connectivity index (χ1) is 8.95. The Bertz CT molecular complexity index is 705. The number of fused-ring (bicyclic) bond motifs is 2. The number of hydrogen-bond donors (Lipinski definition) is 3. The molecule has 8 heteroatoms. The fourth-order valence-electron chi connectivity index (χ4n) is 3.25. The van der Waals surface area contributed by atoms with Crippen molar-refractivity contribution in [2.24, 2.45) is 11.8 Å². The summed E-state index contributed by atoms with van der Waals surface area (Å²) in [4.78, 5) is 26.1. The standard InChI is InChI=1S/C11H15N3O4S/c15-10-9(5-12-11(16)13-10)19(17,18)14-8-4-6-1-2-7(8)3-6/h5-8,14H,1-4H2,(H2,12,13,15,16)/t6-,7+,8-/m0/s1. The van der Waals surface area contributed by atoms with E-state index in [1.165, 1.54) is 6.42 Å². The molecule has 1 heterocycles. The van der Waals surface area contributed by atoms with Crippen LogP contribution >= 0.6 is 0 Å². The van der Waals surface area contributed by atoms with Gasteiger partial charge in [-0.1, -0.05) is 6.42 Å². The van der Waals surface area contributed by atoms with Gasteiger partial charge in [0.2, 0.25) is 10.0 Å². The predicted molar refractivity (Wildman–Crippen MR) is 67.2 cm³/mol. The van der Waals surface area contributed by atoms with Crippen LogP contribution in [0.1, 0.15) is 25.7 Å². The van der Waals surface area contributed by atoms with E-state index in [9.17, 15) is 18.0 Å². The Hall–Kier alpha value is -1.41. The lowest BCUT2D eigenvalue weighted by Gasteiger charge is -2.22. The van der Waals surface area contributed by atoms with Gasteiger partial charge in [-0.25, -0.2) is 17.9 Å². The van der Waals surface area contributed by atoms with E-state index in [0.29, 0.717) is 11.8 Å². The highest BCUT2D eigenvalue weighted by molar-refractivity contribution is 7.89. The zero-order valence-corrected chi connectivity index (χ0v) is 11.0. The van der Waals surface area contributed by atoms with Crippen molar-refractivity contribution in [1.82, 2.24) is 14.7 Å². The first-order valence-corrected chi connectivity index (χ1v) is 7.78. The second-order valence-corrected chi connectivity index (χ2v) is 7.02. The molecule has 0 radical (unpaired) electrons. The van der Waals surface area contributed by atoms with E-state index >= 15 is 0 Å². The Labute approximate surface area is 109 Å². The van der Waals surface area contributed by atoms with Crippen molar-refractivity contribution in [3.8, 4) is 0 Å². The third-order valence-electron chi connectivity index (χ3n) is 4.12. The van der Waals surface area contributed by atoms with Crippen molar-refractivity contribution in [3.63, 3.8) is 0 Å². The molecule has 0 aliphatic heterocycles. The molecule has 2 aliphatic carbocycles. The van der Waals surface area contributed by atoms with Gasteiger partial charge in [-0.2, -0.15) is 0 Å². The highest BCUT2D eigenvalue weighted by atomic mass is 32.2. The molecule has 0 spiro atoms. The molecular formula is C11H15N3O4S. The minimum atomic E-state index is -3.88. The Morgan fingerprint density at radius 2 is 2.00 bits per heavy atom. The number of aromatic nitrogens is 2. The van der Waals surface area contributed by atoms with Crippen LogP contribution in [0.15, 0.2) is 20.7 Å². The van der Waals surface area contributed by atoms with Crippen LogP contribution in [0.25, 0.3) is 0 Å². The molecule has 19 heavy (non-hydrogen) atoms. The van der Waals surface area contributed by atoms with E-state index in [4.69, 9.17) is 0 Å². The molecule has 0 aromatic carbocycles. The molecule has 0 unspecified atom stereocenters. The van der Waals surface area contributed by atoms with Crippen LogP contribution < -0.4 is 16.0 Å². The lowest BCUT2D eigenvalue weighted by atomic mass is 9.96. The SMILES string of the molecule is O=c1[nH]cc(S(=O)(=O)N[C@H]2C[C@H]3CC[C@@H]2C3)c(=O)[nH]1. The molecular weight excluding hydrogens is 270 g/mol. The zero-order valence-electron chi connectivity index (χ0n) is 10.2. The lowest BCUT2D eigenvalue weighted by molar-refractivity contribution is 0.390. The maximum absolute atomic E-state index is 12.1. The molecule has 2 saturated carbocycles.